The van der Waals surface area contributed by atoms with Gasteiger partial charge in [0.15, 0.2) is 5.69 Å². The van der Waals surface area contributed by atoms with Crippen molar-refractivity contribution >= 4 is 11.8 Å². The van der Waals surface area contributed by atoms with E-state index in [1.807, 2.05) is 0 Å². The molecule has 30 heavy (non-hydrogen) atoms. The van der Waals surface area contributed by atoms with Crippen LogP contribution in [0.4, 0.5) is 13.2 Å². The molecule has 3 rings (SSSR count). The van der Waals surface area contributed by atoms with Crippen LogP contribution in [0.2, 0.25) is 0 Å². The molecule has 0 N–H and O–H groups in total. The molecule has 0 radical (unpaired) electrons. The fourth-order valence-corrected chi connectivity index (χ4v) is 4.48. The average molecular weight is 428 g/mol. The molecule has 2 heterocycles. The maximum atomic E-state index is 13.6. The third-order valence-corrected chi connectivity index (χ3v) is 6.19. The number of hydrogen-bond acceptors (Lipinski definition) is 3. The van der Waals surface area contributed by atoms with Crippen LogP contribution in [0.3, 0.4) is 0 Å². The van der Waals surface area contributed by atoms with E-state index in [0.717, 1.165) is 17.3 Å². The lowest BCUT2D eigenvalue weighted by atomic mass is 9.86. The van der Waals surface area contributed by atoms with Crippen LogP contribution in [0.5, 0.6) is 0 Å². The summed E-state index contributed by atoms with van der Waals surface area (Å²) in [6.45, 7) is 4.36. The smallest absolute Gasteiger partial charge is 0.339 e. The van der Waals surface area contributed by atoms with E-state index in [2.05, 4.69) is 5.10 Å². The zero-order valence-corrected chi connectivity index (χ0v) is 17.7. The Hall–Kier alpha value is -2.06. The van der Waals surface area contributed by atoms with Crippen molar-refractivity contribution in [2.45, 2.75) is 71.0 Å². The molecule has 0 unspecified atom stereocenters. The molecular weight excluding hydrogens is 397 g/mol. The Morgan fingerprint density at radius 2 is 1.67 bits per heavy atom. The molecule has 2 amide bonds. The maximum Gasteiger partial charge on any atom is 0.433 e. The molecule has 168 valence electrons. The second-order valence-electron chi connectivity index (χ2n) is 8.66. The fourth-order valence-electron chi connectivity index (χ4n) is 4.48. The lowest BCUT2D eigenvalue weighted by Gasteiger charge is -2.35. The molecule has 1 saturated carbocycles. The number of amides is 2. The van der Waals surface area contributed by atoms with E-state index in [4.69, 9.17) is 0 Å². The Morgan fingerprint density at radius 1 is 1.07 bits per heavy atom. The van der Waals surface area contributed by atoms with E-state index in [9.17, 15) is 22.8 Å². The van der Waals surface area contributed by atoms with Crippen molar-refractivity contribution < 1.29 is 22.8 Å². The predicted molar refractivity (Wildman–Crippen MR) is 106 cm³/mol. The number of nitrogens with zero attached hydrogens (tertiary/aromatic N) is 4. The van der Waals surface area contributed by atoms with Crippen LogP contribution in [0.1, 0.15) is 80.9 Å². The molecule has 1 aromatic rings. The normalized spacial score (nSPS) is 18.9. The Balaban J connectivity index is 1.57. The van der Waals surface area contributed by atoms with E-state index in [-0.39, 0.29) is 19.0 Å². The molecule has 6 nitrogen and oxygen atoms in total. The van der Waals surface area contributed by atoms with Gasteiger partial charge >= 0.3 is 6.18 Å². The summed E-state index contributed by atoms with van der Waals surface area (Å²) >= 11 is 0. The molecule has 2 fully saturated rings. The average Bonchev–Trinajstić information content (AvgIpc) is 3.18. The molecule has 1 saturated heterocycles. The molecule has 1 aromatic heterocycles. The summed E-state index contributed by atoms with van der Waals surface area (Å²) in [6.07, 6.45) is 3.92. The van der Waals surface area contributed by atoms with Crippen molar-refractivity contribution in [3.05, 3.63) is 17.5 Å². The van der Waals surface area contributed by atoms with Crippen LogP contribution in [0, 0.1) is 5.92 Å². The SMILES string of the molecule is CC(C)n1ncc(C(=O)N2CCN(C(=O)CCC3CCCCC3)CC2)c1C(F)(F)F. The van der Waals surface area contributed by atoms with Gasteiger partial charge in [-0.25, -0.2) is 0 Å². The first-order valence-corrected chi connectivity index (χ1v) is 10.9. The summed E-state index contributed by atoms with van der Waals surface area (Å²) < 4.78 is 41.5. The lowest BCUT2D eigenvalue weighted by molar-refractivity contribution is -0.145. The molecule has 1 aliphatic heterocycles. The van der Waals surface area contributed by atoms with Crippen LogP contribution >= 0.6 is 0 Å². The largest absolute Gasteiger partial charge is 0.433 e. The van der Waals surface area contributed by atoms with Crippen molar-refractivity contribution in [2.75, 3.05) is 26.2 Å². The number of carbonyl (C=O) groups is 2. The number of carbonyl (C=O) groups excluding carboxylic acids is 2. The summed E-state index contributed by atoms with van der Waals surface area (Å²) in [5.41, 5.74) is -1.43. The summed E-state index contributed by atoms with van der Waals surface area (Å²) in [6, 6.07) is -0.512. The minimum absolute atomic E-state index is 0.0799. The molecule has 0 aromatic carbocycles. The van der Waals surface area contributed by atoms with Crippen LogP contribution in [-0.4, -0.2) is 57.6 Å². The first-order valence-electron chi connectivity index (χ1n) is 10.9. The minimum Gasteiger partial charge on any atom is -0.339 e. The van der Waals surface area contributed by atoms with Crippen molar-refractivity contribution in [3.63, 3.8) is 0 Å². The second-order valence-corrected chi connectivity index (χ2v) is 8.66. The van der Waals surface area contributed by atoms with Gasteiger partial charge in [0.05, 0.1) is 11.8 Å². The van der Waals surface area contributed by atoms with Crippen molar-refractivity contribution in [2.24, 2.45) is 5.92 Å². The van der Waals surface area contributed by atoms with Gasteiger partial charge in [0.1, 0.15) is 0 Å². The quantitative estimate of drug-likeness (QED) is 0.709. The van der Waals surface area contributed by atoms with Gasteiger partial charge in [-0.3, -0.25) is 14.3 Å². The number of halogens is 3. The number of piperazine rings is 1. The highest BCUT2D eigenvalue weighted by Crippen LogP contribution is 2.34. The molecule has 0 bridgehead atoms. The first-order chi connectivity index (χ1) is 14.2. The van der Waals surface area contributed by atoms with Gasteiger partial charge in [0.25, 0.3) is 5.91 Å². The monoisotopic (exact) mass is 428 g/mol. The summed E-state index contributed by atoms with van der Waals surface area (Å²) in [5, 5.41) is 3.79. The zero-order valence-electron chi connectivity index (χ0n) is 17.7. The minimum atomic E-state index is -4.66. The third-order valence-electron chi connectivity index (χ3n) is 6.19. The highest BCUT2D eigenvalue weighted by atomic mass is 19.4. The Morgan fingerprint density at radius 3 is 2.23 bits per heavy atom. The van der Waals surface area contributed by atoms with Gasteiger partial charge in [-0.05, 0) is 26.2 Å². The van der Waals surface area contributed by atoms with E-state index in [0.29, 0.717) is 25.4 Å². The van der Waals surface area contributed by atoms with Crippen molar-refractivity contribution in [1.82, 2.24) is 19.6 Å². The van der Waals surface area contributed by atoms with Crippen LogP contribution in [-0.2, 0) is 11.0 Å². The number of rotatable bonds is 5. The summed E-state index contributed by atoms with van der Waals surface area (Å²) in [7, 11) is 0. The van der Waals surface area contributed by atoms with Crippen molar-refractivity contribution in [1.29, 1.82) is 0 Å². The topological polar surface area (TPSA) is 58.4 Å². The maximum absolute atomic E-state index is 13.6. The van der Waals surface area contributed by atoms with Gasteiger partial charge in [0, 0.05) is 38.6 Å². The van der Waals surface area contributed by atoms with Crippen LogP contribution in [0.15, 0.2) is 6.20 Å². The Labute approximate surface area is 175 Å². The zero-order chi connectivity index (χ0) is 21.9. The van der Waals surface area contributed by atoms with Gasteiger partial charge in [-0.2, -0.15) is 18.3 Å². The van der Waals surface area contributed by atoms with Crippen LogP contribution < -0.4 is 0 Å². The number of aromatic nitrogens is 2. The van der Waals surface area contributed by atoms with Crippen LogP contribution in [0.25, 0.3) is 0 Å². The second kappa shape index (κ2) is 9.39. The van der Waals surface area contributed by atoms with E-state index in [1.54, 1.807) is 18.7 Å². The third kappa shape index (κ3) is 5.16. The van der Waals surface area contributed by atoms with Crippen molar-refractivity contribution in [3.8, 4) is 0 Å². The lowest BCUT2D eigenvalue weighted by Crippen LogP contribution is -2.50. The molecule has 9 heteroatoms. The summed E-state index contributed by atoms with van der Waals surface area (Å²) in [4.78, 5) is 28.4. The standard InChI is InChI=1S/C21H31F3N4O2/c1-15(2)28-19(21(22,23)24)17(14-25-28)20(30)27-12-10-26(11-13-27)18(29)9-8-16-6-4-3-5-7-16/h14-16H,3-13H2,1-2H3. The van der Waals surface area contributed by atoms with E-state index in [1.165, 1.54) is 37.0 Å². The molecule has 2 aliphatic rings. The van der Waals surface area contributed by atoms with E-state index < -0.39 is 29.4 Å². The molecule has 0 atom stereocenters. The van der Waals surface area contributed by atoms with E-state index >= 15 is 0 Å². The summed E-state index contributed by atoms with van der Waals surface area (Å²) in [5.74, 6) is 0.0312. The highest BCUT2D eigenvalue weighted by molar-refractivity contribution is 5.95. The van der Waals surface area contributed by atoms with Gasteiger partial charge < -0.3 is 9.80 Å². The van der Waals surface area contributed by atoms with Gasteiger partial charge in [0.2, 0.25) is 5.91 Å². The number of hydrogen-bond donors (Lipinski definition) is 0. The molecular formula is C21H31F3N4O2. The van der Waals surface area contributed by atoms with Gasteiger partial charge in [-0.15, -0.1) is 0 Å². The molecule has 1 aliphatic carbocycles. The Bertz CT molecular complexity index is 746. The van der Waals surface area contributed by atoms with Gasteiger partial charge in [-0.1, -0.05) is 32.1 Å². The predicted octanol–water partition coefficient (Wildman–Crippen LogP) is 4.13. The number of alkyl halides is 3. The highest BCUT2D eigenvalue weighted by Gasteiger charge is 2.41. The Kier molecular flexibility index (Phi) is 7.08. The first kappa shape index (κ1) is 22.6. The molecule has 0 spiro atoms. The fraction of sp³-hybridized carbons (Fsp3) is 0.762.